The van der Waals surface area contributed by atoms with E-state index in [4.69, 9.17) is 5.73 Å². The van der Waals surface area contributed by atoms with Crippen molar-refractivity contribution in [2.45, 2.75) is 66.5 Å². The van der Waals surface area contributed by atoms with Crippen LogP contribution in [-0.2, 0) is 11.3 Å². The van der Waals surface area contributed by atoms with Crippen LogP contribution in [0.4, 0.5) is 10.1 Å². The summed E-state index contributed by atoms with van der Waals surface area (Å²) in [6.07, 6.45) is 3.30. The molecule has 3 aromatic rings. The van der Waals surface area contributed by atoms with Crippen LogP contribution < -0.4 is 11.1 Å². The Bertz CT molecular complexity index is 1280. The van der Waals surface area contributed by atoms with E-state index in [-0.39, 0.29) is 23.7 Å². The molecule has 1 heterocycles. The Morgan fingerprint density at radius 3 is 2.16 bits per heavy atom. The molecule has 1 unspecified atom stereocenters. The Balaban J connectivity index is 0.000000306. The summed E-state index contributed by atoms with van der Waals surface area (Å²) in [4.78, 5) is 39.1. The fourth-order valence-electron chi connectivity index (χ4n) is 4.79. The SMILES string of the molecule is CCCN(CCC)C(=O)c1ccc2c(c1)C(=O)N(CC(N)CC(C)C)C2.Cc1ccccc1.O=CNc1ccc(F)cc1. The number of aryl methyl sites for hydroxylation is 1. The molecule has 1 aliphatic heterocycles. The van der Waals surface area contributed by atoms with Gasteiger partial charge in [0.25, 0.3) is 11.8 Å². The smallest absolute Gasteiger partial charge is 0.254 e. The average Bonchev–Trinajstić information content (AvgIpc) is 3.28. The molecule has 3 N–H and O–H groups in total. The van der Waals surface area contributed by atoms with Gasteiger partial charge in [-0.3, -0.25) is 14.4 Å². The Kier molecular flexibility index (Phi) is 15.1. The molecule has 232 valence electrons. The van der Waals surface area contributed by atoms with Crippen LogP contribution in [0.25, 0.3) is 0 Å². The van der Waals surface area contributed by atoms with E-state index in [1.807, 2.05) is 40.1 Å². The number of nitrogens with one attached hydrogen (secondary N) is 1. The lowest BCUT2D eigenvalue weighted by atomic mass is 10.0. The molecule has 0 bridgehead atoms. The van der Waals surface area contributed by atoms with Crippen LogP contribution in [-0.4, -0.2) is 53.7 Å². The molecule has 0 aromatic heterocycles. The molecule has 1 atom stereocenters. The number of carbonyl (C=O) groups excluding carboxylic acids is 3. The van der Waals surface area contributed by atoms with Crippen molar-refractivity contribution in [2.24, 2.45) is 11.7 Å². The van der Waals surface area contributed by atoms with Crippen molar-refractivity contribution in [1.29, 1.82) is 0 Å². The number of nitrogens with zero attached hydrogens (tertiary/aromatic N) is 2. The quantitative estimate of drug-likeness (QED) is 0.244. The maximum Gasteiger partial charge on any atom is 0.254 e. The molecule has 0 spiro atoms. The zero-order valence-electron chi connectivity index (χ0n) is 26.2. The molecule has 0 saturated heterocycles. The van der Waals surface area contributed by atoms with E-state index in [9.17, 15) is 18.8 Å². The van der Waals surface area contributed by atoms with E-state index >= 15 is 0 Å². The number of carbonyl (C=O) groups is 3. The Labute approximate surface area is 256 Å². The van der Waals surface area contributed by atoms with Crippen LogP contribution in [0, 0.1) is 18.7 Å². The van der Waals surface area contributed by atoms with Gasteiger partial charge in [0.15, 0.2) is 0 Å². The first-order chi connectivity index (χ1) is 20.6. The molecule has 3 aromatic carbocycles. The molecule has 0 fully saturated rings. The third-order valence-corrected chi connectivity index (χ3v) is 6.75. The van der Waals surface area contributed by atoms with Crippen LogP contribution in [0.1, 0.15) is 78.8 Å². The minimum atomic E-state index is -0.309. The minimum absolute atomic E-state index is 0.00797. The lowest BCUT2D eigenvalue weighted by Crippen LogP contribution is -2.38. The fourth-order valence-corrected chi connectivity index (χ4v) is 4.79. The normalized spacial score (nSPS) is 12.4. The predicted octanol–water partition coefficient (Wildman–Crippen LogP) is 6.67. The fraction of sp³-hybridized carbons (Fsp3) is 0.400. The molecule has 3 amide bonds. The first-order valence-electron chi connectivity index (χ1n) is 15.0. The summed E-state index contributed by atoms with van der Waals surface area (Å²) in [6.45, 7) is 13.1. The van der Waals surface area contributed by atoms with Gasteiger partial charge in [0.2, 0.25) is 6.41 Å². The van der Waals surface area contributed by atoms with Gasteiger partial charge in [-0.15, -0.1) is 0 Å². The summed E-state index contributed by atoms with van der Waals surface area (Å²) in [5, 5.41) is 2.39. The summed E-state index contributed by atoms with van der Waals surface area (Å²) >= 11 is 0. The van der Waals surface area contributed by atoms with Gasteiger partial charge in [-0.05, 0) is 74.1 Å². The summed E-state index contributed by atoms with van der Waals surface area (Å²) in [7, 11) is 0. The lowest BCUT2D eigenvalue weighted by Gasteiger charge is -2.22. The highest BCUT2D eigenvalue weighted by atomic mass is 19.1. The van der Waals surface area contributed by atoms with Crippen LogP contribution in [0.5, 0.6) is 0 Å². The van der Waals surface area contributed by atoms with Crippen LogP contribution in [0.2, 0.25) is 0 Å². The van der Waals surface area contributed by atoms with Gasteiger partial charge >= 0.3 is 0 Å². The van der Waals surface area contributed by atoms with E-state index in [0.717, 1.165) is 37.9 Å². The number of anilines is 1. The van der Waals surface area contributed by atoms with E-state index in [0.29, 0.717) is 42.2 Å². The molecule has 7 nitrogen and oxygen atoms in total. The highest BCUT2D eigenvalue weighted by Gasteiger charge is 2.29. The summed E-state index contributed by atoms with van der Waals surface area (Å²) < 4.78 is 12.2. The molecule has 0 saturated carbocycles. The summed E-state index contributed by atoms with van der Waals surface area (Å²) in [6, 6.07) is 21.3. The summed E-state index contributed by atoms with van der Waals surface area (Å²) in [5.41, 5.74) is 10.3. The zero-order valence-corrected chi connectivity index (χ0v) is 26.2. The van der Waals surface area contributed by atoms with Crippen molar-refractivity contribution < 1.29 is 18.8 Å². The average molecular weight is 591 g/mol. The Morgan fingerprint density at radius 1 is 1.02 bits per heavy atom. The van der Waals surface area contributed by atoms with Gasteiger partial charge < -0.3 is 20.9 Å². The van der Waals surface area contributed by atoms with Crippen LogP contribution in [0.15, 0.2) is 72.8 Å². The van der Waals surface area contributed by atoms with E-state index < -0.39 is 0 Å². The van der Waals surface area contributed by atoms with E-state index in [2.05, 4.69) is 52.1 Å². The van der Waals surface area contributed by atoms with Gasteiger partial charge in [0, 0.05) is 49.0 Å². The number of nitrogens with two attached hydrogens (primary N) is 1. The standard InChI is InChI=1S/C21H33N3O2.C7H6FNO.C7H8/c1-5-9-23(10-6-2)20(25)16-7-8-17-13-24(21(26)19(17)12-16)14-18(22)11-15(3)4;8-6-1-3-7(4-2-6)9-5-10;1-7-5-3-2-4-6-7/h7-8,12,15,18H,5-6,9-11,13-14,22H2,1-4H3;1-5H,(H,9,10);2-6H,1H3. The van der Waals surface area contributed by atoms with Crippen LogP contribution in [0.3, 0.4) is 0 Å². The minimum Gasteiger partial charge on any atom is -0.339 e. The third kappa shape index (κ3) is 12.0. The van der Waals surface area contributed by atoms with Crippen molar-refractivity contribution in [3.8, 4) is 0 Å². The zero-order chi connectivity index (χ0) is 31.8. The van der Waals surface area contributed by atoms with Gasteiger partial charge in [-0.25, -0.2) is 4.39 Å². The number of fused-ring (bicyclic) bond motifs is 1. The number of benzene rings is 3. The molecule has 8 heteroatoms. The van der Waals surface area contributed by atoms with E-state index in [1.54, 1.807) is 6.07 Å². The number of amides is 3. The Morgan fingerprint density at radius 2 is 1.65 bits per heavy atom. The maximum absolute atomic E-state index is 12.8. The van der Waals surface area contributed by atoms with Crippen molar-refractivity contribution in [2.75, 3.05) is 25.0 Å². The largest absolute Gasteiger partial charge is 0.339 e. The number of halogens is 1. The van der Waals surface area contributed by atoms with E-state index in [1.165, 1.54) is 29.8 Å². The van der Waals surface area contributed by atoms with Gasteiger partial charge in [0.05, 0.1) is 0 Å². The molecule has 4 rings (SSSR count). The second-order valence-electron chi connectivity index (χ2n) is 11.2. The first-order valence-corrected chi connectivity index (χ1v) is 15.0. The highest BCUT2D eigenvalue weighted by molar-refractivity contribution is 6.02. The molecular weight excluding hydrogens is 543 g/mol. The predicted molar refractivity (Wildman–Crippen MR) is 172 cm³/mol. The maximum atomic E-state index is 12.8. The van der Waals surface area contributed by atoms with Gasteiger partial charge in [-0.2, -0.15) is 0 Å². The molecule has 0 aliphatic carbocycles. The lowest BCUT2D eigenvalue weighted by molar-refractivity contribution is -0.105. The van der Waals surface area contributed by atoms with Gasteiger partial charge in [-0.1, -0.05) is 69.7 Å². The topological polar surface area (TPSA) is 95.7 Å². The van der Waals surface area contributed by atoms with Crippen LogP contribution >= 0.6 is 0 Å². The first kappa shape index (κ1) is 35.2. The van der Waals surface area contributed by atoms with Gasteiger partial charge in [0.1, 0.15) is 5.82 Å². The monoisotopic (exact) mass is 590 g/mol. The Hall–Kier alpha value is -4.04. The second-order valence-corrected chi connectivity index (χ2v) is 11.2. The van der Waals surface area contributed by atoms with Crippen molar-refractivity contribution in [3.05, 3.63) is 101 Å². The molecule has 43 heavy (non-hydrogen) atoms. The number of hydrogen-bond acceptors (Lipinski definition) is 4. The summed E-state index contributed by atoms with van der Waals surface area (Å²) in [5.74, 6) is 0.208. The molecule has 0 radical (unpaired) electrons. The molecular formula is C35H47FN4O3. The number of hydrogen-bond donors (Lipinski definition) is 2. The third-order valence-electron chi connectivity index (χ3n) is 6.75. The second kappa shape index (κ2) is 18.5. The number of rotatable bonds is 11. The van der Waals surface area contributed by atoms with Crippen molar-refractivity contribution >= 4 is 23.9 Å². The van der Waals surface area contributed by atoms with Crippen molar-refractivity contribution in [1.82, 2.24) is 9.80 Å². The molecule has 1 aliphatic rings. The van der Waals surface area contributed by atoms with Crippen molar-refractivity contribution in [3.63, 3.8) is 0 Å². The highest BCUT2D eigenvalue weighted by Crippen LogP contribution is 2.25.